The van der Waals surface area contributed by atoms with Crippen LogP contribution in [-0.4, -0.2) is 29.9 Å². The fourth-order valence-corrected chi connectivity index (χ4v) is 7.79. The predicted octanol–water partition coefficient (Wildman–Crippen LogP) is 13.3. The Labute approximate surface area is 351 Å². The van der Waals surface area contributed by atoms with Crippen LogP contribution in [0, 0.1) is 0 Å². The molecular formula is C54H34N6O. The van der Waals surface area contributed by atoms with E-state index in [1.165, 1.54) is 0 Å². The van der Waals surface area contributed by atoms with Gasteiger partial charge >= 0.3 is 0 Å². The SMILES string of the molecule is c1ccc(-c2nc(-c3ccccc3)nc(-c3cccc(-c4cc(-c5cccc(-c6nc(-c7ccccc7)nc(-c7ccccc7)n6)c5)c5c(c4)oc4ccccc45)c3)n2)cc1. The van der Waals surface area contributed by atoms with Crippen molar-refractivity contribution in [3.8, 4) is 90.6 Å². The fourth-order valence-electron chi connectivity index (χ4n) is 7.79. The first kappa shape index (κ1) is 35.7. The average Bonchev–Trinajstić information content (AvgIpc) is 3.73. The number of hydrogen-bond acceptors (Lipinski definition) is 7. The van der Waals surface area contributed by atoms with Crippen molar-refractivity contribution in [1.29, 1.82) is 0 Å². The van der Waals surface area contributed by atoms with Gasteiger partial charge in [0.25, 0.3) is 0 Å². The van der Waals surface area contributed by atoms with Crippen molar-refractivity contribution in [2.24, 2.45) is 0 Å². The zero-order valence-electron chi connectivity index (χ0n) is 32.7. The van der Waals surface area contributed by atoms with Gasteiger partial charge in [0.1, 0.15) is 11.2 Å². The molecule has 0 radical (unpaired) electrons. The quantitative estimate of drug-likeness (QED) is 0.152. The van der Waals surface area contributed by atoms with Gasteiger partial charge in [-0.05, 0) is 52.6 Å². The Hall–Kier alpha value is -8.42. The highest BCUT2D eigenvalue weighted by Crippen LogP contribution is 2.41. The largest absolute Gasteiger partial charge is 0.456 e. The van der Waals surface area contributed by atoms with E-state index in [4.69, 9.17) is 34.3 Å². The second-order valence-electron chi connectivity index (χ2n) is 14.7. The van der Waals surface area contributed by atoms with E-state index in [2.05, 4.69) is 72.8 Å². The highest BCUT2D eigenvalue weighted by atomic mass is 16.3. The van der Waals surface area contributed by atoms with Crippen LogP contribution in [0.3, 0.4) is 0 Å². The number of benzene rings is 8. The molecule has 3 heterocycles. The average molecular weight is 783 g/mol. The standard InChI is InChI=1S/C54H34N6O/c1-5-17-35(18-6-1)49-55-50(36-19-7-2-8-20-36)58-53(57-49)41-27-15-25-39(31-41)43-33-45(48-44-29-13-14-30-46(44)61-47(48)34-43)40-26-16-28-42(32-40)54-59-51(37-21-9-3-10-22-37)56-52(60-54)38-23-11-4-12-24-38/h1-34H. The Morgan fingerprint density at radius 2 is 0.607 bits per heavy atom. The fraction of sp³-hybridized carbons (Fsp3) is 0. The van der Waals surface area contributed by atoms with Crippen LogP contribution >= 0.6 is 0 Å². The van der Waals surface area contributed by atoms with Crippen molar-refractivity contribution in [2.45, 2.75) is 0 Å². The van der Waals surface area contributed by atoms with Gasteiger partial charge in [-0.2, -0.15) is 0 Å². The van der Waals surface area contributed by atoms with E-state index in [9.17, 15) is 0 Å². The molecule has 0 spiro atoms. The number of rotatable bonds is 8. The second-order valence-corrected chi connectivity index (χ2v) is 14.7. The maximum Gasteiger partial charge on any atom is 0.164 e. The molecule has 0 aliphatic heterocycles. The molecule has 0 unspecified atom stereocenters. The van der Waals surface area contributed by atoms with E-state index in [1.54, 1.807) is 0 Å². The first-order valence-corrected chi connectivity index (χ1v) is 20.1. The maximum atomic E-state index is 6.60. The zero-order valence-corrected chi connectivity index (χ0v) is 32.7. The Morgan fingerprint density at radius 3 is 1.08 bits per heavy atom. The van der Waals surface area contributed by atoms with E-state index < -0.39 is 0 Å². The molecule has 0 fully saturated rings. The summed E-state index contributed by atoms with van der Waals surface area (Å²) in [5, 5.41) is 2.08. The number of para-hydroxylation sites is 1. The smallest absolute Gasteiger partial charge is 0.164 e. The molecule has 0 saturated heterocycles. The first-order chi connectivity index (χ1) is 30.2. The van der Waals surface area contributed by atoms with Crippen LogP contribution in [0.4, 0.5) is 0 Å². The summed E-state index contributed by atoms with van der Waals surface area (Å²) in [6, 6.07) is 69.5. The monoisotopic (exact) mass is 782 g/mol. The Morgan fingerprint density at radius 1 is 0.246 bits per heavy atom. The third-order valence-electron chi connectivity index (χ3n) is 10.8. The first-order valence-electron chi connectivity index (χ1n) is 20.1. The minimum atomic E-state index is 0.591. The number of hydrogen-bond donors (Lipinski definition) is 0. The molecule has 0 amide bonds. The molecule has 0 aliphatic rings. The van der Waals surface area contributed by atoms with Crippen LogP contribution in [0.2, 0.25) is 0 Å². The Balaban J connectivity index is 1.06. The van der Waals surface area contributed by atoms with Gasteiger partial charge in [-0.1, -0.05) is 176 Å². The Kier molecular flexibility index (Phi) is 9.02. The van der Waals surface area contributed by atoms with Gasteiger partial charge in [0.15, 0.2) is 34.9 Å². The highest BCUT2D eigenvalue weighted by molar-refractivity contribution is 6.14. The number of furan rings is 1. The third-order valence-corrected chi connectivity index (χ3v) is 10.8. The van der Waals surface area contributed by atoms with Gasteiger partial charge < -0.3 is 4.42 Å². The topological polar surface area (TPSA) is 90.5 Å². The summed E-state index contributed by atoms with van der Waals surface area (Å²) < 4.78 is 6.60. The van der Waals surface area contributed by atoms with Crippen molar-refractivity contribution in [2.75, 3.05) is 0 Å². The van der Waals surface area contributed by atoms with Crippen LogP contribution in [0.15, 0.2) is 211 Å². The molecule has 61 heavy (non-hydrogen) atoms. The zero-order chi connectivity index (χ0) is 40.5. The van der Waals surface area contributed by atoms with E-state index in [0.29, 0.717) is 34.9 Å². The molecular weight excluding hydrogens is 749 g/mol. The van der Waals surface area contributed by atoms with E-state index >= 15 is 0 Å². The van der Waals surface area contributed by atoms with E-state index in [1.807, 2.05) is 133 Å². The maximum absolute atomic E-state index is 6.60. The second kappa shape index (κ2) is 15.4. The van der Waals surface area contributed by atoms with Crippen molar-refractivity contribution in [1.82, 2.24) is 29.9 Å². The van der Waals surface area contributed by atoms with Crippen molar-refractivity contribution in [3.05, 3.63) is 206 Å². The van der Waals surface area contributed by atoms with E-state index in [-0.39, 0.29) is 0 Å². The molecule has 7 heteroatoms. The van der Waals surface area contributed by atoms with Gasteiger partial charge in [-0.25, -0.2) is 29.9 Å². The molecule has 3 aromatic heterocycles. The van der Waals surface area contributed by atoms with Crippen LogP contribution in [0.5, 0.6) is 0 Å². The lowest BCUT2D eigenvalue weighted by atomic mass is 9.93. The summed E-state index contributed by atoms with van der Waals surface area (Å²) in [6.45, 7) is 0. The van der Waals surface area contributed by atoms with Gasteiger partial charge in [0, 0.05) is 44.2 Å². The Bertz CT molecular complexity index is 3240. The van der Waals surface area contributed by atoms with Gasteiger partial charge in [0.05, 0.1) is 0 Å². The molecule has 0 bridgehead atoms. The highest BCUT2D eigenvalue weighted by Gasteiger charge is 2.19. The molecule has 0 saturated carbocycles. The lowest BCUT2D eigenvalue weighted by molar-refractivity contribution is 0.669. The lowest BCUT2D eigenvalue weighted by Crippen LogP contribution is -2.00. The number of nitrogens with zero attached hydrogens (tertiary/aromatic N) is 6. The van der Waals surface area contributed by atoms with Crippen molar-refractivity contribution >= 4 is 21.9 Å². The van der Waals surface area contributed by atoms with Crippen LogP contribution in [-0.2, 0) is 0 Å². The lowest BCUT2D eigenvalue weighted by Gasteiger charge is -2.12. The number of aromatic nitrogens is 6. The normalized spacial score (nSPS) is 11.3. The molecule has 7 nitrogen and oxygen atoms in total. The van der Waals surface area contributed by atoms with Crippen LogP contribution in [0.1, 0.15) is 0 Å². The summed E-state index contributed by atoms with van der Waals surface area (Å²) in [7, 11) is 0. The van der Waals surface area contributed by atoms with Crippen LogP contribution < -0.4 is 0 Å². The van der Waals surface area contributed by atoms with Crippen LogP contribution in [0.25, 0.3) is 113 Å². The number of fused-ring (bicyclic) bond motifs is 3. The summed E-state index contributed by atoms with van der Waals surface area (Å²) in [5.41, 5.74) is 11.1. The molecule has 286 valence electrons. The summed E-state index contributed by atoms with van der Waals surface area (Å²) in [5.74, 6) is 3.65. The molecule has 0 atom stereocenters. The summed E-state index contributed by atoms with van der Waals surface area (Å²) in [4.78, 5) is 29.9. The third kappa shape index (κ3) is 7.00. The minimum absolute atomic E-state index is 0.591. The van der Waals surface area contributed by atoms with Gasteiger partial charge in [-0.3, -0.25) is 0 Å². The summed E-state index contributed by atoms with van der Waals surface area (Å²) in [6.07, 6.45) is 0. The van der Waals surface area contributed by atoms with Gasteiger partial charge in [0.2, 0.25) is 0 Å². The molecule has 8 aromatic carbocycles. The van der Waals surface area contributed by atoms with E-state index in [0.717, 1.165) is 77.6 Å². The molecule has 11 aromatic rings. The minimum Gasteiger partial charge on any atom is -0.456 e. The van der Waals surface area contributed by atoms with Gasteiger partial charge in [-0.15, -0.1) is 0 Å². The predicted molar refractivity (Wildman–Crippen MR) is 244 cm³/mol. The van der Waals surface area contributed by atoms with Crippen molar-refractivity contribution < 1.29 is 4.42 Å². The molecule has 0 N–H and O–H groups in total. The molecule has 0 aliphatic carbocycles. The summed E-state index contributed by atoms with van der Waals surface area (Å²) >= 11 is 0. The molecule has 11 rings (SSSR count). The van der Waals surface area contributed by atoms with Crippen molar-refractivity contribution in [3.63, 3.8) is 0 Å².